The molecule has 0 atom stereocenters. The second-order valence-electron chi connectivity index (χ2n) is 6.99. The van der Waals surface area contributed by atoms with E-state index >= 15 is 0 Å². The molecule has 1 aliphatic heterocycles. The molecule has 1 heterocycles. The topological polar surface area (TPSA) is 70.7 Å². The molecule has 30 heavy (non-hydrogen) atoms. The number of halogens is 1. The van der Waals surface area contributed by atoms with Crippen LogP contribution in [0, 0.1) is 5.82 Å². The lowest BCUT2D eigenvalue weighted by Crippen LogP contribution is -2.39. The van der Waals surface area contributed by atoms with E-state index in [1.807, 2.05) is 6.07 Å². The summed E-state index contributed by atoms with van der Waals surface area (Å²) < 4.78 is 18.5. The summed E-state index contributed by atoms with van der Waals surface area (Å²) in [6.07, 6.45) is 2.33. The summed E-state index contributed by atoms with van der Waals surface area (Å²) in [7, 11) is 0. The fraction of sp³-hybridized carbons (Fsp3) is 0.304. The highest BCUT2D eigenvalue weighted by atomic mass is 19.1. The predicted octanol–water partition coefficient (Wildman–Crippen LogP) is 2.44. The number of ether oxygens (including phenoxy) is 1. The Balaban J connectivity index is 1.62. The van der Waals surface area contributed by atoms with E-state index in [0.717, 1.165) is 39.3 Å². The van der Waals surface area contributed by atoms with Crippen LogP contribution < -0.4 is 10.6 Å². The summed E-state index contributed by atoms with van der Waals surface area (Å²) in [6.45, 7) is 4.63. The Morgan fingerprint density at radius 2 is 1.73 bits per heavy atom. The number of rotatable bonds is 8. The largest absolute Gasteiger partial charge is 0.379 e. The van der Waals surface area contributed by atoms with Crippen molar-refractivity contribution in [2.75, 3.05) is 39.4 Å². The van der Waals surface area contributed by atoms with Crippen LogP contribution in [-0.2, 0) is 9.53 Å². The molecular formula is C23H26FN3O3. The molecule has 3 rings (SSSR count). The Morgan fingerprint density at radius 3 is 2.43 bits per heavy atom. The van der Waals surface area contributed by atoms with Crippen LogP contribution in [0.4, 0.5) is 4.39 Å². The molecule has 0 radical (unpaired) electrons. The van der Waals surface area contributed by atoms with Crippen LogP contribution in [0.3, 0.4) is 0 Å². The monoisotopic (exact) mass is 411 g/mol. The average molecular weight is 411 g/mol. The van der Waals surface area contributed by atoms with Crippen molar-refractivity contribution in [3.05, 3.63) is 77.2 Å². The first-order valence-corrected chi connectivity index (χ1v) is 10.0. The average Bonchev–Trinajstić information content (AvgIpc) is 2.79. The van der Waals surface area contributed by atoms with Crippen LogP contribution in [0.5, 0.6) is 0 Å². The van der Waals surface area contributed by atoms with Crippen molar-refractivity contribution < 1.29 is 18.7 Å². The van der Waals surface area contributed by atoms with Crippen LogP contribution in [0.25, 0.3) is 6.08 Å². The van der Waals surface area contributed by atoms with Gasteiger partial charge in [-0.05, 0) is 48.9 Å². The zero-order valence-electron chi connectivity index (χ0n) is 16.8. The predicted molar refractivity (Wildman–Crippen MR) is 113 cm³/mol. The smallest absolute Gasteiger partial charge is 0.267 e. The Kier molecular flexibility index (Phi) is 8.11. The molecule has 1 aliphatic rings. The molecule has 2 aromatic carbocycles. The standard InChI is InChI=1S/C23H26FN3O3/c24-20-9-7-18(8-10-20)17-21(26-22(28)19-5-2-1-3-6-19)23(29)25-11-4-12-27-13-15-30-16-14-27/h1-3,5-10,17H,4,11-16H2,(H,25,29)(H,26,28)/b21-17-. The summed E-state index contributed by atoms with van der Waals surface area (Å²) in [5, 5.41) is 5.53. The fourth-order valence-electron chi connectivity index (χ4n) is 3.09. The minimum atomic E-state index is -0.384. The van der Waals surface area contributed by atoms with Crippen LogP contribution >= 0.6 is 0 Å². The molecule has 1 saturated heterocycles. The third-order valence-corrected chi connectivity index (χ3v) is 4.75. The Hall–Kier alpha value is -3.03. The van der Waals surface area contributed by atoms with Gasteiger partial charge >= 0.3 is 0 Å². The van der Waals surface area contributed by atoms with E-state index in [-0.39, 0.29) is 23.3 Å². The molecule has 0 unspecified atom stereocenters. The number of carbonyl (C=O) groups is 2. The number of hydrogen-bond donors (Lipinski definition) is 2. The maximum absolute atomic E-state index is 13.2. The van der Waals surface area contributed by atoms with Crippen molar-refractivity contribution in [1.29, 1.82) is 0 Å². The molecule has 0 bridgehead atoms. The van der Waals surface area contributed by atoms with Gasteiger partial charge in [0, 0.05) is 25.2 Å². The van der Waals surface area contributed by atoms with Gasteiger partial charge in [0.2, 0.25) is 0 Å². The van der Waals surface area contributed by atoms with E-state index in [4.69, 9.17) is 4.74 Å². The van der Waals surface area contributed by atoms with Gasteiger partial charge in [0.05, 0.1) is 13.2 Å². The summed E-state index contributed by atoms with van der Waals surface area (Å²) in [6, 6.07) is 14.4. The highest BCUT2D eigenvalue weighted by Crippen LogP contribution is 2.09. The molecular weight excluding hydrogens is 385 g/mol. The lowest BCUT2D eigenvalue weighted by molar-refractivity contribution is -0.117. The van der Waals surface area contributed by atoms with E-state index in [1.165, 1.54) is 18.2 Å². The normalized spacial score (nSPS) is 14.9. The van der Waals surface area contributed by atoms with E-state index in [2.05, 4.69) is 15.5 Å². The van der Waals surface area contributed by atoms with Gasteiger partial charge in [-0.15, -0.1) is 0 Å². The van der Waals surface area contributed by atoms with E-state index in [9.17, 15) is 14.0 Å². The van der Waals surface area contributed by atoms with Gasteiger partial charge in [-0.25, -0.2) is 4.39 Å². The highest BCUT2D eigenvalue weighted by Gasteiger charge is 2.15. The minimum Gasteiger partial charge on any atom is -0.379 e. The molecule has 1 fully saturated rings. The quantitative estimate of drug-likeness (QED) is 0.517. The lowest BCUT2D eigenvalue weighted by atomic mass is 10.1. The summed E-state index contributed by atoms with van der Waals surface area (Å²) in [5.74, 6) is -1.13. The molecule has 6 nitrogen and oxygen atoms in total. The summed E-state index contributed by atoms with van der Waals surface area (Å²) in [4.78, 5) is 27.6. The number of hydrogen-bond acceptors (Lipinski definition) is 4. The van der Waals surface area contributed by atoms with Gasteiger partial charge in [-0.2, -0.15) is 0 Å². The van der Waals surface area contributed by atoms with Crippen molar-refractivity contribution in [3.8, 4) is 0 Å². The number of benzene rings is 2. The van der Waals surface area contributed by atoms with Crippen LogP contribution in [-0.4, -0.2) is 56.1 Å². The zero-order chi connectivity index (χ0) is 21.2. The van der Waals surface area contributed by atoms with Crippen LogP contribution in [0.15, 0.2) is 60.3 Å². The molecule has 0 aromatic heterocycles. The Bertz CT molecular complexity index is 863. The van der Waals surface area contributed by atoms with E-state index in [0.29, 0.717) is 17.7 Å². The maximum Gasteiger partial charge on any atom is 0.267 e. The molecule has 0 aliphatic carbocycles. The first-order chi connectivity index (χ1) is 14.6. The Labute approximate surface area is 175 Å². The number of nitrogens with zero attached hydrogens (tertiary/aromatic N) is 1. The Morgan fingerprint density at radius 1 is 1.03 bits per heavy atom. The van der Waals surface area contributed by atoms with Crippen LogP contribution in [0.2, 0.25) is 0 Å². The van der Waals surface area contributed by atoms with Gasteiger partial charge < -0.3 is 15.4 Å². The first-order valence-electron chi connectivity index (χ1n) is 10.0. The van der Waals surface area contributed by atoms with Gasteiger partial charge in [-0.1, -0.05) is 30.3 Å². The maximum atomic E-state index is 13.2. The fourth-order valence-corrected chi connectivity index (χ4v) is 3.09. The third-order valence-electron chi connectivity index (χ3n) is 4.75. The van der Waals surface area contributed by atoms with Crippen molar-refractivity contribution in [2.45, 2.75) is 6.42 Å². The van der Waals surface area contributed by atoms with Crippen molar-refractivity contribution in [2.24, 2.45) is 0 Å². The summed E-state index contributed by atoms with van der Waals surface area (Å²) in [5.41, 5.74) is 1.17. The lowest BCUT2D eigenvalue weighted by Gasteiger charge is -2.26. The number of nitrogens with one attached hydrogen (secondary N) is 2. The third kappa shape index (κ3) is 6.79. The van der Waals surface area contributed by atoms with Gasteiger partial charge in [0.15, 0.2) is 0 Å². The second kappa shape index (κ2) is 11.2. The van der Waals surface area contributed by atoms with Crippen molar-refractivity contribution in [3.63, 3.8) is 0 Å². The van der Waals surface area contributed by atoms with Crippen molar-refractivity contribution in [1.82, 2.24) is 15.5 Å². The molecule has 2 amide bonds. The highest BCUT2D eigenvalue weighted by molar-refractivity contribution is 6.05. The molecule has 2 aromatic rings. The molecule has 2 N–H and O–H groups in total. The number of morpholine rings is 1. The number of amides is 2. The molecule has 0 saturated carbocycles. The molecule has 158 valence electrons. The van der Waals surface area contributed by atoms with E-state index in [1.54, 1.807) is 36.4 Å². The number of carbonyl (C=O) groups excluding carboxylic acids is 2. The van der Waals surface area contributed by atoms with Crippen LogP contribution in [0.1, 0.15) is 22.3 Å². The molecule has 0 spiro atoms. The van der Waals surface area contributed by atoms with Crippen molar-refractivity contribution >= 4 is 17.9 Å². The summed E-state index contributed by atoms with van der Waals surface area (Å²) >= 11 is 0. The van der Waals surface area contributed by atoms with Gasteiger partial charge in [0.25, 0.3) is 11.8 Å². The first kappa shape index (κ1) is 21.7. The SMILES string of the molecule is O=C(NCCCN1CCOCC1)/C(=C/c1ccc(F)cc1)NC(=O)c1ccccc1. The van der Waals surface area contributed by atoms with E-state index < -0.39 is 0 Å². The van der Waals surface area contributed by atoms with Gasteiger partial charge in [-0.3, -0.25) is 14.5 Å². The van der Waals surface area contributed by atoms with Gasteiger partial charge in [0.1, 0.15) is 11.5 Å². The minimum absolute atomic E-state index is 0.113. The zero-order valence-corrected chi connectivity index (χ0v) is 16.8. The second-order valence-corrected chi connectivity index (χ2v) is 6.99. The molecule has 7 heteroatoms.